The summed E-state index contributed by atoms with van der Waals surface area (Å²) in [7, 11) is 1.29. The van der Waals surface area contributed by atoms with E-state index in [4.69, 9.17) is 18.9 Å². The third kappa shape index (κ3) is 12.4. The highest BCUT2D eigenvalue weighted by Gasteiger charge is 2.21. The minimum atomic E-state index is -0.716. The van der Waals surface area contributed by atoms with Crippen molar-refractivity contribution in [3.05, 3.63) is 23.8 Å². The van der Waals surface area contributed by atoms with Crippen molar-refractivity contribution in [3.63, 3.8) is 0 Å². The zero-order valence-electron chi connectivity index (χ0n) is 21.4. The third-order valence-corrected chi connectivity index (χ3v) is 5.03. The summed E-state index contributed by atoms with van der Waals surface area (Å²) in [6.45, 7) is 6.18. The maximum absolute atomic E-state index is 12.3. The third-order valence-electron chi connectivity index (χ3n) is 5.03. The van der Waals surface area contributed by atoms with Crippen LogP contribution in [0.4, 0.5) is 0 Å². The molecule has 0 radical (unpaired) electrons. The molecule has 0 heterocycles. The Labute approximate surface area is 207 Å². The second-order valence-corrected chi connectivity index (χ2v) is 8.14. The molecule has 9 nitrogen and oxygen atoms in total. The molecule has 0 bridgehead atoms. The summed E-state index contributed by atoms with van der Waals surface area (Å²) in [5.74, 6) is -1.35. The molecule has 0 saturated heterocycles. The molecule has 196 valence electrons. The Hall–Kier alpha value is -2.94. The van der Waals surface area contributed by atoms with E-state index in [2.05, 4.69) is 12.2 Å². The molecule has 1 aromatic rings. The number of esters is 4. The molecule has 0 aliphatic heterocycles. The van der Waals surface area contributed by atoms with Gasteiger partial charge in [0.1, 0.15) is 12.6 Å². The standard InChI is InChI=1S/C26H39NO8/c1-5-8-9-12-23(28)33-16-15-27-20(26(31)32-4)17-19-13-14-21(34-24(29)10-6-2)22(18-19)35-25(30)11-7-3/h13-14,18,20,27H,5-12,15-17H2,1-4H3/t20-/m0/s1. The van der Waals surface area contributed by atoms with Crippen molar-refractivity contribution in [2.75, 3.05) is 20.3 Å². The van der Waals surface area contributed by atoms with Gasteiger partial charge in [-0.1, -0.05) is 39.7 Å². The highest BCUT2D eigenvalue weighted by atomic mass is 16.6. The zero-order chi connectivity index (χ0) is 26.1. The van der Waals surface area contributed by atoms with Gasteiger partial charge in [-0.25, -0.2) is 0 Å². The fourth-order valence-corrected chi connectivity index (χ4v) is 3.21. The maximum atomic E-state index is 12.3. The van der Waals surface area contributed by atoms with Crippen LogP contribution < -0.4 is 14.8 Å². The van der Waals surface area contributed by atoms with Crippen molar-refractivity contribution in [2.24, 2.45) is 0 Å². The maximum Gasteiger partial charge on any atom is 0.323 e. The monoisotopic (exact) mass is 493 g/mol. The molecule has 1 aromatic carbocycles. The first kappa shape index (κ1) is 30.1. The van der Waals surface area contributed by atoms with Gasteiger partial charge in [-0.15, -0.1) is 0 Å². The van der Waals surface area contributed by atoms with Crippen LogP contribution in [-0.2, 0) is 35.1 Å². The highest BCUT2D eigenvalue weighted by Crippen LogP contribution is 2.30. The molecule has 35 heavy (non-hydrogen) atoms. The van der Waals surface area contributed by atoms with Crippen molar-refractivity contribution in [2.45, 2.75) is 84.6 Å². The lowest BCUT2D eigenvalue weighted by molar-refractivity contribution is -0.144. The second-order valence-electron chi connectivity index (χ2n) is 8.14. The molecule has 0 aliphatic rings. The van der Waals surface area contributed by atoms with Gasteiger partial charge in [0, 0.05) is 25.8 Å². The van der Waals surface area contributed by atoms with Crippen LogP contribution in [0.2, 0.25) is 0 Å². The van der Waals surface area contributed by atoms with E-state index in [1.165, 1.54) is 7.11 Å². The Morgan fingerprint density at radius 2 is 1.49 bits per heavy atom. The molecule has 1 rings (SSSR count). The molecule has 0 saturated carbocycles. The first-order valence-corrected chi connectivity index (χ1v) is 12.4. The normalized spacial score (nSPS) is 11.4. The van der Waals surface area contributed by atoms with Gasteiger partial charge in [0.2, 0.25) is 0 Å². The summed E-state index contributed by atoms with van der Waals surface area (Å²) in [6, 6.07) is 4.10. The number of carbonyl (C=O) groups excluding carboxylic acids is 4. The van der Waals surface area contributed by atoms with Crippen molar-refractivity contribution in [1.29, 1.82) is 0 Å². The SMILES string of the molecule is CCCCCC(=O)OCCN[C@@H](Cc1ccc(OC(=O)CCC)c(OC(=O)CCC)c1)C(=O)OC. The first-order chi connectivity index (χ1) is 16.8. The van der Waals surface area contributed by atoms with Crippen LogP contribution in [-0.4, -0.2) is 50.2 Å². The van der Waals surface area contributed by atoms with E-state index >= 15 is 0 Å². The second kappa shape index (κ2) is 17.5. The molecule has 0 amide bonds. The summed E-state index contributed by atoms with van der Waals surface area (Å²) in [5.41, 5.74) is 0.666. The predicted octanol–water partition coefficient (Wildman–Crippen LogP) is 3.89. The number of hydrogen-bond acceptors (Lipinski definition) is 9. The lowest BCUT2D eigenvalue weighted by atomic mass is 10.1. The number of nitrogens with one attached hydrogen (secondary N) is 1. The lowest BCUT2D eigenvalue weighted by Gasteiger charge is -2.18. The van der Waals surface area contributed by atoms with Crippen LogP contribution >= 0.6 is 0 Å². The molecule has 1 atom stereocenters. The molecule has 0 aromatic heterocycles. The van der Waals surface area contributed by atoms with E-state index < -0.39 is 23.9 Å². The van der Waals surface area contributed by atoms with E-state index in [0.717, 1.165) is 19.3 Å². The number of unbranched alkanes of at least 4 members (excludes halogenated alkanes) is 2. The zero-order valence-corrected chi connectivity index (χ0v) is 21.4. The molecule has 1 N–H and O–H groups in total. The topological polar surface area (TPSA) is 117 Å². The average Bonchev–Trinajstić information content (AvgIpc) is 2.82. The van der Waals surface area contributed by atoms with E-state index in [-0.39, 0.29) is 49.9 Å². The van der Waals surface area contributed by atoms with Crippen LogP contribution in [0.25, 0.3) is 0 Å². The Kier molecular flexibility index (Phi) is 15.0. The minimum absolute atomic E-state index is 0.120. The number of hydrogen-bond donors (Lipinski definition) is 1. The largest absolute Gasteiger partial charge is 0.468 e. The average molecular weight is 494 g/mol. The number of rotatable bonds is 17. The fraction of sp³-hybridized carbons (Fsp3) is 0.615. The molecular formula is C26H39NO8. The quantitative estimate of drug-likeness (QED) is 0.196. The Morgan fingerprint density at radius 1 is 0.829 bits per heavy atom. The van der Waals surface area contributed by atoms with Gasteiger partial charge in [0.25, 0.3) is 0 Å². The van der Waals surface area contributed by atoms with E-state index in [1.54, 1.807) is 18.2 Å². The van der Waals surface area contributed by atoms with Crippen LogP contribution in [0.15, 0.2) is 18.2 Å². The van der Waals surface area contributed by atoms with E-state index in [0.29, 0.717) is 24.8 Å². The van der Waals surface area contributed by atoms with Crippen molar-refractivity contribution in [1.82, 2.24) is 5.32 Å². The Bertz CT molecular complexity index is 824. The summed E-state index contributed by atoms with van der Waals surface area (Å²) >= 11 is 0. The molecule has 0 unspecified atom stereocenters. The van der Waals surface area contributed by atoms with Gasteiger partial charge >= 0.3 is 23.9 Å². The number of methoxy groups -OCH3 is 1. The highest BCUT2D eigenvalue weighted by molar-refractivity contribution is 5.77. The first-order valence-electron chi connectivity index (χ1n) is 12.4. The fourth-order valence-electron chi connectivity index (χ4n) is 3.21. The summed E-state index contributed by atoms with van der Waals surface area (Å²) in [5, 5.41) is 3.04. The van der Waals surface area contributed by atoms with E-state index in [9.17, 15) is 19.2 Å². The molecule has 0 spiro atoms. The van der Waals surface area contributed by atoms with Gasteiger partial charge in [-0.2, -0.15) is 0 Å². The van der Waals surface area contributed by atoms with Crippen molar-refractivity contribution in [3.8, 4) is 11.5 Å². The Morgan fingerprint density at radius 3 is 2.09 bits per heavy atom. The number of benzene rings is 1. The van der Waals surface area contributed by atoms with Gasteiger partial charge in [-0.05, 0) is 43.4 Å². The van der Waals surface area contributed by atoms with Crippen LogP contribution in [0, 0.1) is 0 Å². The van der Waals surface area contributed by atoms with Gasteiger partial charge in [0.15, 0.2) is 11.5 Å². The number of carbonyl (C=O) groups is 4. The van der Waals surface area contributed by atoms with Crippen LogP contribution in [0.1, 0.15) is 77.7 Å². The van der Waals surface area contributed by atoms with Crippen molar-refractivity contribution < 1.29 is 38.1 Å². The molecule has 0 fully saturated rings. The smallest absolute Gasteiger partial charge is 0.323 e. The molecular weight excluding hydrogens is 454 g/mol. The molecule has 0 aliphatic carbocycles. The summed E-state index contributed by atoms with van der Waals surface area (Å²) in [4.78, 5) is 48.1. The minimum Gasteiger partial charge on any atom is -0.468 e. The summed E-state index contributed by atoms with van der Waals surface area (Å²) in [6.07, 6.45) is 5.09. The van der Waals surface area contributed by atoms with Gasteiger partial charge in [0.05, 0.1) is 7.11 Å². The lowest BCUT2D eigenvalue weighted by Crippen LogP contribution is -2.41. The summed E-state index contributed by atoms with van der Waals surface area (Å²) < 4.78 is 20.9. The van der Waals surface area contributed by atoms with Gasteiger partial charge < -0.3 is 24.3 Å². The molecule has 9 heteroatoms. The van der Waals surface area contributed by atoms with E-state index in [1.807, 2.05) is 13.8 Å². The Balaban J connectivity index is 2.86. The number of ether oxygens (including phenoxy) is 4. The predicted molar refractivity (Wildman–Crippen MR) is 130 cm³/mol. The van der Waals surface area contributed by atoms with Crippen LogP contribution in [0.3, 0.4) is 0 Å². The van der Waals surface area contributed by atoms with Crippen molar-refractivity contribution >= 4 is 23.9 Å². The van der Waals surface area contributed by atoms with Crippen LogP contribution in [0.5, 0.6) is 11.5 Å². The van der Waals surface area contributed by atoms with Gasteiger partial charge in [-0.3, -0.25) is 19.2 Å².